The van der Waals surface area contributed by atoms with Crippen LogP contribution in [0, 0.1) is 6.33 Å². The van der Waals surface area contributed by atoms with Gasteiger partial charge in [-0.15, -0.1) is 0 Å². The van der Waals surface area contributed by atoms with Crippen molar-refractivity contribution in [3.05, 3.63) is 225 Å². The Labute approximate surface area is 372 Å². The zero-order valence-electron chi connectivity index (χ0n) is 35.0. The molecule has 5 aromatic heterocycles. The predicted molar refractivity (Wildman–Crippen MR) is 268 cm³/mol. The van der Waals surface area contributed by atoms with E-state index >= 15 is 0 Å². The molecule has 0 aliphatic carbocycles. The van der Waals surface area contributed by atoms with Gasteiger partial charge in [-0.3, -0.25) is 13.4 Å². The molecule has 0 bridgehead atoms. The number of aromatic nitrogens is 4. The molecule has 0 radical (unpaired) electrons. The Morgan fingerprint density at radius 3 is 1.43 bits per heavy atom. The smallest absolute Gasteiger partial charge is 0.269 e. The molecule has 0 aliphatic heterocycles. The Balaban J connectivity index is 1.07. The van der Waals surface area contributed by atoms with E-state index in [1.54, 1.807) is 0 Å². The zero-order valence-corrected chi connectivity index (χ0v) is 35.0. The highest BCUT2D eigenvalue weighted by Crippen LogP contribution is 2.41. The number of imidazole rings is 1. The Kier molecular flexibility index (Phi) is 7.62. The van der Waals surface area contributed by atoms with E-state index in [4.69, 9.17) is 9.72 Å². The Morgan fingerprint density at radius 1 is 0.369 bits per heavy atom. The molecule has 0 saturated heterocycles. The number of hydrogen-bond acceptors (Lipinski definition) is 2. The van der Waals surface area contributed by atoms with Crippen molar-refractivity contribution < 1.29 is 9.30 Å². The van der Waals surface area contributed by atoms with E-state index in [2.05, 4.69) is 226 Å². The standard InChI is InChI=1S/C60H36N4O/c1-2-15-38(16-3-1)62-37-63-56-35-39(30-32-49(56)45-21-8-4-17-41(45)42-18-6-10-23-47(42)52-27-13-29-55(62)59(52)63)65-40-31-33-50-53-26-12-25-51-46-22-9-5-19-43(46)44-20-7-11-24-48(44)54-28-14-34-61-60(54)64(58(51)53)57(50)36-40/h1-36H. The summed E-state index contributed by atoms with van der Waals surface area (Å²) in [6.45, 7) is 0. The van der Waals surface area contributed by atoms with Crippen LogP contribution in [0.2, 0.25) is 0 Å². The highest BCUT2D eigenvalue weighted by molar-refractivity contribution is 6.25. The predicted octanol–water partition coefficient (Wildman–Crippen LogP) is 15.0. The maximum absolute atomic E-state index is 7.04. The highest BCUT2D eigenvalue weighted by atomic mass is 16.5. The monoisotopic (exact) mass is 828 g/mol. The average Bonchev–Trinajstić information content (AvgIpc) is 3.94. The molecule has 0 aliphatic rings. The highest BCUT2D eigenvalue weighted by Gasteiger charge is 2.19. The van der Waals surface area contributed by atoms with Gasteiger partial charge in [0.25, 0.3) is 6.33 Å². The van der Waals surface area contributed by atoms with E-state index in [-0.39, 0.29) is 0 Å². The van der Waals surface area contributed by atoms with E-state index in [1.807, 2.05) is 12.3 Å². The van der Waals surface area contributed by atoms with Crippen molar-refractivity contribution in [2.45, 2.75) is 0 Å². The fourth-order valence-corrected chi connectivity index (χ4v) is 10.6. The molecule has 0 atom stereocenters. The van der Waals surface area contributed by atoms with Crippen molar-refractivity contribution in [3.63, 3.8) is 0 Å². The van der Waals surface area contributed by atoms with Crippen LogP contribution in [-0.2, 0) is 0 Å². The third-order valence-corrected chi connectivity index (χ3v) is 13.3. The molecule has 65 heavy (non-hydrogen) atoms. The van der Waals surface area contributed by atoms with Gasteiger partial charge in [-0.1, -0.05) is 158 Å². The van der Waals surface area contributed by atoms with Crippen LogP contribution in [0.5, 0.6) is 11.5 Å². The number of benzene rings is 9. The van der Waals surface area contributed by atoms with Crippen molar-refractivity contribution >= 4 is 109 Å². The maximum Gasteiger partial charge on any atom is 0.269 e. The lowest BCUT2D eigenvalue weighted by molar-refractivity contribution is -0.572. The number of pyridine rings is 1. The normalized spacial score (nSPS) is 12.0. The van der Waals surface area contributed by atoms with Crippen LogP contribution in [-0.4, -0.2) is 13.8 Å². The second-order valence-corrected chi connectivity index (χ2v) is 16.8. The fourth-order valence-electron chi connectivity index (χ4n) is 10.6. The summed E-state index contributed by atoms with van der Waals surface area (Å²) in [4.78, 5) is 5.16. The molecule has 0 amide bonds. The minimum atomic E-state index is 0.721. The summed E-state index contributed by atoms with van der Waals surface area (Å²) in [5.74, 6) is 1.45. The summed E-state index contributed by atoms with van der Waals surface area (Å²) in [6, 6.07) is 75.9. The number of para-hydroxylation sites is 3. The molecule has 0 N–H and O–H groups in total. The molecule has 0 spiro atoms. The summed E-state index contributed by atoms with van der Waals surface area (Å²) < 4.78 is 13.8. The summed E-state index contributed by atoms with van der Waals surface area (Å²) in [5, 5.41) is 16.1. The minimum absolute atomic E-state index is 0.721. The van der Waals surface area contributed by atoms with Crippen molar-refractivity contribution in [2.24, 2.45) is 0 Å². The van der Waals surface area contributed by atoms with Crippen LogP contribution in [0.25, 0.3) is 114 Å². The van der Waals surface area contributed by atoms with E-state index in [0.717, 1.165) is 93.5 Å². The fraction of sp³-hybridized carbons (Fsp3) is 0. The van der Waals surface area contributed by atoms with E-state index in [1.165, 1.54) is 32.3 Å². The van der Waals surface area contributed by atoms with Crippen molar-refractivity contribution in [2.75, 3.05) is 0 Å². The van der Waals surface area contributed by atoms with Crippen LogP contribution in [0.3, 0.4) is 0 Å². The van der Waals surface area contributed by atoms with Crippen molar-refractivity contribution in [3.8, 4) is 17.2 Å². The quantitative estimate of drug-likeness (QED) is 0.131. The van der Waals surface area contributed by atoms with Crippen LogP contribution in [0.15, 0.2) is 219 Å². The first-order chi connectivity index (χ1) is 32.3. The van der Waals surface area contributed by atoms with Crippen molar-refractivity contribution in [1.29, 1.82) is 0 Å². The molecule has 9 aromatic carbocycles. The van der Waals surface area contributed by atoms with Gasteiger partial charge in [-0.2, -0.15) is 0 Å². The molecular formula is C60H36N4O. The molecule has 0 unspecified atom stereocenters. The Morgan fingerprint density at radius 2 is 0.815 bits per heavy atom. The Bertz CT molecular complexity index is 4390. The minimum Gasteiger partial charge on any atom is -0.458 e. The van der Waals surface area contributed by atoms with E-state index in [0.29, 0.717) is 0 Å². The van der Waals surface area contributed by atoms with Gasteiger partial charge in [0.1, 0.15) is 17.1 Å². The lowest BCUT2D eigenvalue weighted by atomic mass is 10.0. The molecule has 5 heterocycles. The first-order valence-electron chi connectivity index (χ1n) is 22.0. The molecule has 0 fully saturated rings. The second kappa shape index (κ2) is 13.9. The third kappa shape index (κ3) is 5.27. The van der Waals surface area contributed by atoms with Gasteiger partial charge in [0.05, 0.1) is 33.3 Å². The number of rotatable bonds is 3. The number of nitrogens with zero attached hydrogens (tertiary/aromatic N) is 4. The van der Waals surface area contributed by atoms with Crippen LogP contribution >= 0.6 is 0 Å². The van der Waals surface area contributed by atoms with Crippen LogP contribution in [0.1, 0.15) is 0 Å². The number of fused-ring (bicyclic) bond motifs is 17. The molecular weight excluding hydrogens is 793 g/mol. The summed E-state index contributed by atoms with van der Waals surface area (Å²) in [6.07, 6.45) is 5.73. The second-order valence-electron chi connectivity index (χ2n) is 16.8. The first-order valence-corrected chi connectivity index (χ1v) is 22.0. The van der Waals surface area contributed by atoms with Gasteiger partial charge in [0.2, 0.25) is 0 Å². The molecule has 14 aromatic rings. The van der Waals surface area contributed by atoms with Crippen LogP contribution < -0.4 is 9.30 Å². The number of ether oxygens (including phenoxy) is 1. The molecule has 0 saturated carbocycles. The molecule has 5 nitrogen and oxygen atoms in total. The van der Waals surface area contributed by atoms with Gasteiger partial charge in [0.15, 0.2) is 0 Å². The van der Waals surface area contributed by atoms with Crippen LogP contribution in [0.4, 0.5) is 0 Å². The average molecular weight is 829 g/mol. The largest absolute Gasteiger partial charge is 0.458 e. The van der Waals surface area contributed by atoms with Crippen molar-refractivity contribution in [1.82, 2.24) is 13.8 Å². The summed E-state index contributed by atoms with van der Waals surface area (Å²) >= 11 is 0. The Hall–Kier alpha value is -8.80. The van der Waals surface area contributed by atoms with Gasteiger partial charge in [0, 0.05) is 33.8 Å². The maximum atomic E-state index is 7.04. The zero-order chi connectivity index (χ0) is 42.6. The first kappa shape index (κ1) is 35.8. The van der Waals surface area contributed by atoms with Gasteiger partial charge in [-0.25, -0.2) is 4.98 Å². The van der Waals surface area contributed by atoms with E-state index in [9.17, 15) is 0 Å². The van der Waals surface area contributed by atoms with Gasteiger partial charge in [-0.05, 0) is 102 Å². The van der Waals surface area contributed by atoms with E-state index < -0.39 is 0 Å². The SMILES string of the molecule is [c-]1n2c3cc(Oc4ccc5c6cccc7c8ccccc8c8ccccc8c8cccnc8n(c5c4)c76)ccc3c3ccccc3c3ccccc3c3cccc(c32)[n+]1-c1ccccc1. The lowest BCUT2D eigenvalue weighted by Gasteiger charge is -2.09. The topological polar surface area (TPSA) is 34.8 Å². The van der Waals surface area contributed by atoms with Gasteiger partial charge < -0.3 is 4.74 Å². The lowest BCUT2D eigenvalue weighted by Crippen LogP contribution is -2.29. The van der Waals surface area contributed by atoms with Gasteiger partial charge >= 0.3 is 0 Å². The molecule has 5 heteroatoms. The summed E-state index contributed by atoms with van der Waals surface area (Å²) in [5.41, 5.74) is 7.17. The summed E-state index contributed by atoms with van der Waals surface area (Å²) in [7, 11) is 0. The third-order valence-electron chi connectivity index (χ3n) is 13.3. The number of hydrogen-bond donors (Lipinski definition) is 0. The molecule has 302 valence electrons. The molecule has 14 rings (SSSR count).